The fraction of sp³-hybridized carbons (Fsp3) is 0.360. The number of primary amides is 1. The zero-order valence-electron chi connectivity index (χ0n) is 19.3. The number of carbonyl (C=O) groups excluding carboxylic acids is 2. The minimum Gasteiger partial charge on any atom is -0.494 e. The number of carbonyl (C=O) groups is 2. The van der Waals surface area contributed by atoms with E-state index in [9.17, 15) is 14.7 Å². The molecule has 0 radical (unpaired) electrons. The molecular weight excluding hydrogens is 436 g/mol. The van der Waals surface area contributed by atoms with Crippen LogP contribution in [0.25, 0.3) is 10.8 Å². The van der Waals surface area contributed by atoms with Crippen molar-refractivity contribution >= 4 is 28.4 Å². The predicted octanol–water partition coefficient (Wildman–Crippen LogP) is 3.75. The number of ether oxygens (including phenoxy) is 2. The van der Waals surface area contributed by atoms with Gasteiger partial charge in [0.15, 0.2) is 11.5 Å². The van der Waals surface area contributed by atoms with Crippen LogP contribution in [-0.2, 0) is 4.79 Å². The number of urea groups is 1. The molecule has 0 saturated heterocycles. The third kappa shape index (κ3) is 4.88. The SMILES string of the molecule is CCOc1cc([C@@H](CCNC(N)=O)n2cc3cccc(NC(=O)C4CC4)c3c2O)ccc1OC. The van der Waals surface area contributed by atoms with Crippen molar-refractivity contribution in [2.45, 2.75) is 32.2 Å². The van der Waals surface area contributed by atoms with Gasteiger partial charge in [0.05, 0.1) is 30.8 Å². The normalized spacial score (nSPS) is 13.9. The lowest BCUT2D eigenvalue weighted by molar-refractivity contribution is -0.117. The number of aromatic hydroxyl groups is 1. The number of methoxy groups -OCH3 is 1. The van der Waals surface area contributed by atoms with Gasteiger partial charge < -0.3 is 35.5 Å². The van der Waals surface area contributed by atoms with Crippen LogP contribution in [-0.4, -0.2) is 41.9 Å². The van der Waals surface area contributed by atoms with Gasteiger partial charge in [-0.15, -0.1) is 0 Å². The lowest BCUT2D eigenvalue weighted by Crippen LogP contribution is -2.31. The maximum atomic E-state index is 12.4. The number of amides is 3. The van der Waals surface area contributed by atoms with Crippen molar-refractivity contribution in [3.05, 3.63) is 48.2 Å². The summed E-state index contributed by atoms with van der Waals surface area (Å²) >= 11 is 0. The standard InChI is InChI=1S/C25H30N4O5/c1-3-34-21-13-16(9-10-20(21)33-2)19(11-12-27-25(26)32)29-14-17-5-4-6-18(22(17)24(29)31)28-23(30)15-7-8-15/h4-6,9-10,13-15,19,31H,3,7-8,11-12H2,1-2H3,(H,28,30)(H3,26,27,32)/t19-/m1/s1. The minimum atomic E-state index is -0.615. The molecule has 1 heterocycles. The molecule has 1 saturated carbocycles. The molecule has 9 nitrogen and oxygen atoms in total. The van der Waals surface area contributed by atoms with Gasteiger partial charge in [0.2, 0.25) is 11.8 Å². The van der Waals surface area contributed by atoms with Crippen molar-refractivity contribution in [1.82, 2.24) is 9.88 Å². The van der Waals surface area contributed by atoms with E-state index in [1.165, 1.54) is 0 Å². The van der Waals surface area contributed by atoms with Crippen LogP contribution >= 0.6 is 0 Å². The summed E-state index contributed by atoms with van der Waals surface area (Å²) in [6.07, 6.45) is 4.09. The Morgan fingerprint density at radius 3 is 2.71 bits per heavy atom. The summed E-state index contributed by atoms with van der Waals surface area (Å²) in [5, 5.41) is 18.2. The first kappa shape index (κ1) is 23.3. The van der Waals surface area contributed by atoms with Crippen LogP contribution in [0.2, 0.25) is 0 Å². The van der Waals surface area contributed by atoms with E-state index in [1.807, 2.05) is 43.5 Å². The maximum Gasteiger partial charge on any atom is 0.312 e. The van der Waals surface area contributed by atoms with Crippen LogP contribution < -0.4 is 25.8 Å². The molecule has 2 aromatic carbocycles. The molecule has 1 aromatic heterocycles. The first-order valence-corrected chi connectivity index (χ1v) is 11.4. The van der Waals surface area contributed by atoms with Crippen LogP contribution in [0.3, 0.4) is 0 Å². The van der Waals surface area contributed by atoms with Crippen LogP contribution in [0.4, 0.5) is 10.5 Å². The van der Waals surface area contributed by atoms with Crippen molar-refractivity contribution < 1.29 is 24.2 Å². The Bertz CT molecular complexity index is 1200. The number of rotatable bonds is 10. The van der Waals surface area contributed by atoms with Gasteiger partial charge in [-0.25, -0.2) is 4.79 Å². The monoisotopic (exact) mass is 466 g/mol. The summed E-state index contributed by atoms with van der Waals surface area (Å²) in [5.74, 6) is 1.23. The Hall–Kier alpha value is -3.88. The largest absolute Gasteiger partial charge is 0.494 e. The Labute approximate surface area is 197 Å². The van der Waals surface area contributed by atoms with E-state index in [4.69, 9.17) is 15.2 Å². The number of nitrogens with two attached hydrogens (primary N) is 1. The number of fused-ring (bicyclic) bond motifs is 1. The van der Waals surface area contributed by atoms with Crippen molar-refractivity contribution in [3.8, 4) is 17.4 Å². The minimum absolute atomic E-state index is 0.0274. The van der Waals surface area contributed by atoms with E-state index in [2.05, 4.69) is 10.6 Å². The quantitative estimate of drug-likeness (QED) is 0.362. The number of aromatic nitrogens is 1. The van der Waals surface area contributed by atoms with E-state index >= 15 is 0 Å². The highest BCUT2D eigenvalue weighted by Crippen LogP contribution is 2.40. The summed E-state index contributed by atoms with van der Waals surface area (Å²) < 4.78 is 12.9. The van der Waals surface area contributed by atoms with E-state index in [0.717, 1.165) is 23.8 Å². The smallest absolute Gasteiger partial charge is 0.312 e. The summed E-state index contributed by atoms with van der Waals surface area (Å²) in [7, 11) is 1.58. The third-order valence-electron chi connectivity index (χ3n) is 5.97. The van der Waals surface area contributed by atoms with E-state index < -0.39 is 6.03 Å². The van der Waals surface area contributed by atoms with E-state index in [-0.39, 0.29) is 23.7 Å². The fourth-order valence-electron chi connectivity index (χ4n) is 4.16. The molecule has 34 heavy (non-hydrogen) atoms. The Kier molecular flexibility index (Phi) is 6.81. The number of hydrogen-bond acceptors (Lipinski definition) is 5. The van der Waals surface area contributed by atoms with Gasteiger partial charge in [-0.05, 0) is 49.9 Å². The average molecular weight is 467 g/mol. The van der Waals surface area contributed by atoms with Crippen molar-refractivity contribution in [2.24, 2.45) is 11.7 Å². The van der Waals surface area contributed by atoms with Gasteiger partial charge in [0.1, 0.15) is 0 Å². The van der Waals surface area contributed by atoms with Gasteiger partial charge >= 0.3 is 6.03 Å². The van der Waals surface area contributed by atoms with Crippen molar-refractivity contribution in [2.75, 3.05) is 25.6 Å². The molecule has 0 aliphatic heterocycles. The topological polar surface area (TPSA) is 128 Å². The molecule has 0 bridgehead atoms. The Morgan fingerprint density at radius 2 is 2.03 bits per heavy atom. The molecule has 3 aromatic rings. The molecule has 1 aliphatic rings. The molecule has 9 heteroatoms. The maximum absolute atomic E-state index is 12.4. The summed E-state index contributed by atoms with van der Waals surface area (Å²) in [6, 6.07) is 10.1. The van der Waals surface area contributed by atoms with Crippen LogP contribution in [0.1, 0.15) is 37.8 Å². The molecule has 0 unspecified atom stereocenters. The van der Waals surface area contributed by atoms with Crippen molar-refractivity contribution in [1.29, 1.82) is 0 Å². The molecule has 3 amide bonds. The second kappa shape index (κ2) is 9.94. The van der Waals surface area contributed by atoms with Gasteiger partial charge in [0, 0.05) is 24.0 Å². The van der Waals surface area contributed by atoms with Gasteiger partial charge in [-0.3, -0.25) is 4.79 Å². The molecule has 1 atom stereocenters. The van der Waals surface area contributed by atoms with Gasteiger partial charge in [0.25, 0.3) is 0 Å². The lowest BCUT2D eigenvalue weighted by atomic mass is 10.0. The highest BCUT2D eigenvalue weighted by molar-refractivity contribution is 6.05. The Balaban J connectivity index is 1.76. The molecule has 180 valence electrons. The average Bonchev–Trinajstić information content (AvgIpc) is 3.61. The zero-order chi connectivity index (χ0) is 24.2. The van der Waals surface area contributed by atoms with Crippen molar-refractivity contribution in [3.63, 3.8) is 0 Å². The highest BCUT2D eigenvalue weighted by Gasteiger charge is 2.30. The van der Waals surface area contributed by atoms with Gasteiger partial charge in [-0.2, -0.15) is 0 Å². The highest BCUT2D eigenvalue weighted by atomic mass is 16.5. The fourth-order valence-corrected chi connectivity index (χ4v) is 4.16. The molecule has 5 N–H and O–H groups in total. The molecule has 1 fully saturated rings. The summed E-state index contributed by atoms with van der Waals surface area (Å²) in [5.41, 5.74) is 6.69. The lowest BCUT2D eigenvalue weighted by Gasteiger charge is -2.22. The number of anilines is 1. The predicted molar refractivity (Wildman–Crippen MR) is 129 cm³/mol. The zero-order valence-corrected chi connectivity index (χ0v) is 19.3. The molecule has 1 aliphatic carbocycles. The summed E-state index contributed by atoms with van der Waals surface area (Å²) in [6.45, 7) is 2.66. The van der Waals surface area contributed by atoms with Crippen LogP contribution in [0.5, 0.6) is 17.4 Å². The van der Waals surface area contributed by atoms with E-state index in [0.29, 0.717) is 42.1 Å². The third-order valence-corrected chi connectivity index (χ3v) is 5.97. The Morgan fingerprint density at radius 1 is 1.24 bits per heavy atom. The van der Waals surface area contributed by atoms with E-state index in [1.54, 1.807) is 17.7 Å². The molecule has 4 rings (SSSR count). The molecular formula is C25H30N4O5. The number of nitrogens with zero attached hydrogens (tertiary/aromatic N) is 1. The first-order chi connectivity index (χ1) is 16.4. The second-order valence-electron chi connectivity index (χ2n) is 8.33. The molecule has 0 spiro atoms. The van der Waals surface area contributed by atoms with Crippen LogP contribution in [0.15, 0.2) is 42.6 Å². The van der Waals surface area contributed by atoms with Gasteiger partial charge in [-0.1, -0.05) is 18.2 Å². The number of benzene rings is 2. The number of hydrogen-bond donors (Lipinski definition) is 4. The second-order valence-corrected chi connectivity index (χ2v) is 8.33. The first-order valence-electron chi connectivity index (χ1n) is 11.4. The number of nitrogens with one attached hydrogen (secondary N) is 2. The van der Waals surface area contributed by atoms with Crippen LogP contribution in [0, 0.1) is 5.92 Å². The summed E-state index contributed by atoms with van der Waals surface area (Å²) in [4.78, 5) is 23.6.